The maximum atomic E-state index is 12.9. The molecule has 0 amide bonds. The Morgan fingerprint density at radius 2 is 1.15 bits per heavy atom. The largest absolute Gasteiger partial charge is 0.465 e. The minimum atomic E-state index is -0.448. The van der Waals surface area contributed by atoms with E-state index in [4.69, 9.17) is 14.2 Å². The fourth-order valence-electron chi connectivity index (χ4n) is 5.63. The predicted molar refractivity (Wildman–Crippen MR) is 193 cm³/mol. The SMILES string of the molecule is CCCCCCCCCC(=O)Oc1ccc(-c2ccc(C(=O)Oc3ccc4cc([C@H](C)C(=O)OCCCCCC)ccc4c3)cc2)cc1. The van der Waals surface area contributed by atoms with Crippen molar-refractivity contribution in [1.29, 1.82) is 0 Å². The van der Waals surface area contributed by atoms with Gasteiger partial charge in [-0.3, -0.25) is 9.59 Å². The smallest absolute Gasteiger partial charge is 0.343 e. The van der Waals surface area contributed by atoms with Crippen molar-refractivity contribution in [2.24, 2.45) is 0 Å². The van der Waals surface area contributed by atoms with Crippen molar-refractivity contribution in [3.05, 3.63) is 96.1 Å². The molecule has 6 nitrogen and oxygen atoms in total. The van der Waals surface area contributed by atoms with Crippen molar-refractivity contribution in [1.82, 2.24) is 0 Å². The van der Waals surface area contributed by atoms with Gasteiger partial charge in [-0.1, -0.05) is 120 Å². The van der Waals surface area contributed by atoms with E-state index in [1.165, 1.54) is 32.1 Å². The van der Waals surface area contributed by atoms with Crippen molar-refractivity contribution in [3.8, 4) is 22.6 Å². The van der Waals surface area contributed by atoms with E-state index in [0.717, 1.165) is 66.0 Å². The van der Waals surface area contributed by atoms with Crippen LogP contribution in [0.15, 0.2) is 84.9 Å². The molecule has 0 aliphatic carbocycles. The first-order valence-electron chi connectivity index (χ1n) is 17.7. The minimum absolute atomic E-state index is 0.199. The minimum Gasteiger partial charge on any atom is -0.465 e. The number of unbranched alkanes of at least 4 members (excludes halogenated alkanes) is 9. The lowest BCUT2D eigenvalue weighted by Crippen LogP contribution is -2.14. The zero-order chi connectivity index (χ0) is 34.1. The fraction of sp³-hybridized carbons (Fsp3) is 0.405. The molecule has 0 saturated heterocycles. The Balaban J connectivity index is 1.26. The lowest BCUT2D eigenvalue weighted by atomic mass is 9.98. The molecule has 0 spiro atoms. The molecule has 0 aliphatic heterocycles. The van der Waals surface area contributed by atoms with Gasteiger partial charge < -0.3 is 14.2 Å². The molecule has 0 aliphatic rings. The van der Waals surface area contributed by atoms with Crippen LogP contribution in [0.25, 0.3) is 21.9 Å². The zero-order valence-electron chi connectivity index (χ0n) is 28.8. The molecule has 0 heterocycles. The van der Waals surface area contributed by atoms with Crippen LogP contribution in [-0.4, -0.2) is 24.5 Å². The van der Waals surface area contributed by atoms with E-state index in [-0.39, 0.29) is 17.9 Å². The molecule has 254 valence electrons. The molecule has 4 rings (SSSR count). The van der Waals surface area contributed by atoms with Crippen LogP contribution in [-0.2, 0) is 14.3 Å². The van der Waals surface area contributed by atoms with E-state index < -0.39 is 5.97 Å². The Morgan fingerprint density at radius 1 is 0.583 bits per heavy atom. The number of carbonyl (C=O) groups excluding carboxylic acids is 3. The van der Waals surface area contributed by atoms with Crippen molar-refractivity contribution < 1.29 is 28.6 Å². The number of hydrogen-bond donors (Lipinski definition) is 0. The summed E-state index contributed by atoms with van der Waals surface area (Å²) >= 11 is 0. The second-order valence-electron chi connectivity index (χ2n) is 12.6. The third kappa shape index (κ3) is 11.4. The zero-order valence-corrected chi connectivity index (χ0v) is 28.8. The molecule has 4 aromatic rings. The van der Waals surface area contributed by atoms with E-state index in [9.17, 15) is 14.4 Å². The molecule has 0 N–H and O–H groups in total. The van der Waals surface area contributed by atoms with Crippen molar-refractivity contribution >= 4 is 28.7 Å². The Kier molecular flexibility index (Phi) is 14.7. The van der Waals surface area contributed by atoms with Gasteiger partial charge in [0.15, 0.2) is 0 Å². The summed E-state index contributed by atoms with van der Waals surface area (Å²) in [5, 5.41) is 1.86. The molecule has 1 atom stereocenters. The number of carbonyl (C=O) groups is 3. The average Bonchev–Trinajstić information content (AvgIpc) is 3.11. The van der Waals surface area contributed by atoms with Crippen LogP contribution in [0.5, 0.6) is 11.5 Å². The lowest BCUT2D eigenvalue weighted by Gasteiger charge is -2.13. The number of benzene rings is 4. The second kappa shape index (κ2) is 19.4. The Morgan fingerprint density at radius 3 is 1.83 bits per heavy atom. The quantitative estimate of drug-likeness (QED) is 0.0571. The molecule has 0 aromatic heterocycles. The number of rotatable bonds is 19. The van der Waals surface area contributed by atoms with Gasteiger partial charge in [-0.15, -0.1) is 0 Å². The first-order chi connectivity index (χ1) is 23.4. The highest BCUT2D eigenvalue weighted by Crippen LogP contribution is 2.28. The van der Waals surface area contributed by atoms with E-state index in [1.54, 1.807) is 30.3 Å². The highest BCUT2D eigenvalue weighted by Gasteiger charge is 2.17. The molecule has 0 radical (unpaired) electrons. The summed E-state index contributed by atoms with van der Waals surface area (Å²) in [7, 11) is 0. The summed E-state index contributed by atoms with van der Waals surface area (Å²) in [5.41, 5.74) is 3.21. The monoisotopic (exact) mass is 650 g/mol. The van der Waals surface area contributed by atoms with E-state index >= 15 is 0 Å². The fourth-order valence-corrected chi connectivity index (χ4v) is 5.63. The number of esters is 3. The van der Waals surface area contributed by atoms with Crippen LogP contribution in [0, 0.1) is 0 Å². The standard InChI is InChI=1S/C42H50O6/c1-4-6-8-10-11-12-13-15-40(43)47-38-25-22-33(23-26-38)32-16-18-34(19-17-32)42(45)48-39-27-24-36-29-35(20-21-37(36)30-39)31(3)41(44)46-28-14-9-7-5-2/h16-27,29-31H,4-15,28H2,1-3H3/t31-/m0/s1. The third-order valence-corrected chi connectivity index (χ3v) is 8.67. The summed E-state index contributed by atoms with van der Waals surface area (Å²) < 4.78 is 16.7. The van der Waals surface area contributed by atoms with Crippen molar-refractivity contribution in [2.45, 2.75) is 104 Å². The molecule has 0 bridgehead atoms. The summed E-state index contributed by atoms with van der Waals surface area (Å²) in [6, 6.07) is 25.9. The molecule has 6 heteroatoms. The highest BCUT2D eigenvalue weighted by molar-refractivity contribution is 5.93. The predicted octanol–water partition coefficient (Wildman–Crippen LogP) is 11.0. The normalized spacial score (nSPS) is 11.6. The third-order valence-electron chi connectivity index (χ3n) is 8.67. The van der Waals surface area contributed by atoms with Crippen LogP contribution >= 0.6 is 0 Å². The molecule has 0 unspecified atom stereocenters. The molecule has 0 saturated carbocycles. The molecule has 0 fully saturated rings. The van der Waals surface area contributed by atoms with Crippen LogP contribution < -0.4 is 9.47 Å². The Labute approximate surface area is 285 Å². The molecular weight excluding hydrogens is 600 g/mol. The van der Waals surface area contributed by atoms with Gasteiger partial charge in [0.25, 0.3) is 0 Å². The Hall–Kier alpha value is -4.45. The number of ether oxygens (including phenoxy) is 3. The van der Waals surface area contributed by atoms with Crippen LogP contribution in [0.1, 0.15) is 120 Å². The van der Waals surface area contributed by atoms with Gasteiger partial charge in [0, 0.05) is 6.42 Å². The average molecular weight is 651 g/mol. The van der Waals surface area contributed by atoms with Gasteiger partial charge in [0.2, 0.25) is 0 Å². The van der Waals surface area contributed by atoms with Crippen molar-refractivity contribution in [3.63, 3.8) is 0 Å². The van der Waals surface area contributed by atoms with Gasteiger partial charge in [-0.2, -0.15) is 0 Å². The lowest BCUT2D eigenvalue weighted by molar-refractivity contribution is -0.145. The maximum absolute atomic E-state index is 12.9. The van der Waals surface area contributed by atoms with Gasteiger partial charge in [0.05, 0.1) is 18.1 Å². The number of hydrogen-bond acceptors (Lipinski definition) is 6. The van der Waals surface area contributed by atoms with Crippen molar-refractivity contribution in [2.75, 3.05) is 6.61 Å². The Bertz CT molecular complexity index is 1610. The van der Waals surface area contributed by atoms with Gasteiger partial charge in [-0.25, -0.2) is 4.79 Å². The highest BCUT2D eigenvalue weighted by atomic mass is 16.5. The van der Waals surface area contributed by atoms with E-state index in [0.29, 0.717) is 30.1 Å². The summed E-state index contributed by atoms with van der Waals surface area (Å²) in [6.07, 6.45) is 12.8. The second-order valence-corrected chi connectivity index (χ2v) is 12.6. The first kappa shape index (κ1) is 36.4. The summed E-state index contributed by atoms with van der Waals surface area (Å²) in [6.45, 7) is 6.69. The van der Waals surface area contributed by atoms with Crippen LogP contribution in [0.2, 0.25) is 0 Å². The summed E-state index contributed by atoms with van der Waals surface area (Å²) in [5.74, 6) is -0.244. The van der Waals surface area contributed by atoms with E-state index in [1.807, 2.05) is 61.5 Å². The number of fused-ring (bicyclic) bond motifs is 1. The maximum Gasteiger partial charge on any atom is 0.343 e. The van der Waals surface area contributed by atoms with Gasteiger partial charge in [-0.05, 0) is 83.6 Å². The molecule has 4 aromatic carbocycles. The van der Waals surface area contributed by atoms with Crippen LogP contribution in [0.4, 0.5) is 0 Å². The summed E-state index contributed by atoms with van der Waals surface area (Å²) in [4.78, 5) is 37.7. The van der Waals surface area contributed by atoms with Crippen LogP contribution in [0.3, 0.4) is 0 Å². The van der Waals surface area contributed by atoms with E-state index in [2.05, 4.69) is 13.8 Å². The first-order valence-corrected chi connectivity index (χ1v) is 17.7. The molecular formula is C42H50O6. The van der Waals surface area contributed by atoms with Gasteiger partial charge in [0.1, 0.15) is 11.5 Å². The topological polar surface area (TPSA) is 78.9 Å². The molecule has 48 heavy (non-hydrogen) atoms. The van der Waals surface area contributed by atoms with Gasteiger partial charge >= 0.3 is 17.9 Å².